The highest BCUT2D eigenvalue weighted by atomic mass is 32.1. The Bertz CT molecular complexity index is 1490. The van der Waals surface area contributed by atoms with Crippen molar-refractivity contribution in [1.29, 1.82) is 0 Å². The van der Waals surface area contributed by atoms with Gasteiger partial charge in [0.25, 0.3) is 0 Å². The van der Waals surface area contributed by atoms with E-state index in [1.807, 2.05) is 0 Å². The van der Waals surface area contributed by atoms with Crippen molar-refractivity contribution in [3.8, 4) is 11.3 Å². The number of likely N-dealkylation sites (tertiary alicyclic amines) is 1. The number of ketones is 1. The van der Waals surface area contributed by atoms with Crippen LogP contribution >= 0.6 is 11.3 Å². The fourth-order valence-electron chi connectivity index (χ4n) is 6.14. The Hall–Kier alpha value is -3.42. The zero-order valence-corrected chi connectivity index (χ0v) is 26.5. The number of benzene rings is 1. The molecule has 2 aliphatic rings. The van der Waals surface area contributed by atoms with Crippen LogP contribution in [0.1, 0.15) is 70.5 Å². The smallest absolute Gasteiger partial charge is 0.416 e. The van der Waals surface area contributed by atoms with Crippen molar-refractivity contribution in [3.63, 3.8) is 0 Å². The topological polar surface area (TPSA) is 103 Å². The number of halogens is 3. The summed E-state index contributed by atoms with van der Waals surface area (Å²) in [7, 11) is 0. The predicted octanol–water partition coefficient (Wildman–Crippen LogP) is 5.71. The van der Waals surface area contributed by atoms with Crippen LogP contribution in [0.4, 0.5) is 19.0 Å². The predicted molar refractivity (Wildman–Crippen MR) is 167 cm³/mol. The van der Waals surface area contributed by atoms with Gasteiger partial charge in [0.05, 0.1) is 30.1 Å². The third-order valence-corrected chi connectivity index (χ3v) is 9.71. The number of aliphatic carboxylic acids is 1. The maximum atomic E-state index is 13.8. The molecule has 45 heavy (non-hydrogen) atoms. The number of alkyl halides is 3. The summed E-state index contributed by atoms with van der Waals surface area (Å²) in [6.07, 6.45) is 2.52. The summed E-state index contributed by atoms with van der Waals surface area (Å²) in [6, 6.07) is 4.74. The van der Waals surface area contributed by atoms with E-state index in [0.717, 1.165) is 63.4 Å². The normalized spacial score (nSPS) is 18.1. The average molecular weight is 645 g/mol. The van der Waals surface area contributed by atoms with E-state index in [0.29, 0.717) is 41.1 Å². The van der Waals surface area contributed by atoms with Gasteiger partial charge in [0.1, 0.15) is 16.5 Å². The number of carbonyl (C=O) groups is 2. The summed E-state index contributed by atoms with van der Waals surface area (Å²) >= 11 is 1.38. The van der Waals surface area contributed by atoms with Gasteiger partial charge in [0.2, 0.25) is 0 Å². The van der Waals surface area contributed by atoms with Crippen LogP contribution < -0.4 is 4.90 Å². The van der Waals surface area contributed by atoms with Crippen LogP contribution in [0, 0.1) is 6.92 Å². The monoisotopic (exact) mass is 644 g/mol. The highest BCUT2D eigenvalue weighted by molar-refractivity contribution is 7.12. The van der Waals surface area contributed by atoms with Gasteiger partial charge in [0, 0.05) is 55.6 Å². The molecule has 0 amide bonds. The molecule has 5 rings (SSSR count). The van der Waals surface area contributed by atoms with Crippen molar-refractivity contribution < 1.29 is 27.9 Å². The van der Waals surface area contributed by atoms with Crippen molar-refractivity contribution in [2.45, 2.75) is 71.1 Å². The lowest BCUT2D eigenvalue weighted by Crippen LogP contribution is -2.47. The minimum Gasteiger partial charge on any atom is -0.481 e. The van der Waals surface area contributed by atoms with Gasteiger partial charge in [-0.25, -0.2) is 15.0 Å². The first-order chi connectivity index (χ1) is 21.5. The van der Waals surface area contributed by atoms with Crippen molar-refractivity contribution >= 4 is 28.9 Å². The Morgan fingerprint density at radius 2 is 1.87 bits per heavy atom. The largest absolute Gasteiger partial charge is 0.481 e. The molecule has 242 valence electrons. The second-order valence-corrected chi connectivity index (χ2v) is 12.9. The Morgan fingerprint density at radius 3 is 2.53 bits per heavy atom. The van der Waals surface area contributed by atoms with Crippen LogP contribution in [0.25, 0.3) is 11.3 Å². The van der Waals surface area contributed by atoms with Crippen LogP contribution in [0.2, 0.25) is 0 Å². The Labute approximate surface area is 265 Å². The highest BCUT2D eigenvalue weighted by Gasteiger charge is 2.33. The molecule has 2 fully saturated rings. The van der Waals surface area contributed by atoms with Crippen LogP contribution in [0.3, 0.4) is 0 Å². The third-order valence-electron chi connectivity index (χ3n) is 8.67. The lowest BCUT2D eigenvalue weighted by molar-refractivity contribution is -0.138. The summed E-state index contributed by atoms with van der Waals surface area (Å²) in [5.41, 5.74) is 0.585. The molecule has 0 unspecified atom stereocenters. The van der Waals surface area contributed by atoms with Gasteiger partial charge < -0.3 is 10.0 Å². The molecule has 0 bridgehead atoms. The minimum atomic E-state index is -4.47. The fourth-order valence-corrected chi connectivity index (χ4v) is 7.26. The summed E-state index contributed by atoms with van der Waals surface area (Å²) < 4.78 is 41.3. The molecule has 4 heterocycles. The second-order valence-electron chi connectivity index (χ2n) is 11.8. The number of carboxylic acids is 1. The molecule has 2 aromatic heterocycles. The lowest BCUT2D eigenvalue weighted by Gasteiger charge is -2.35. The standard InChI is InChI=1S/C32H39F3N6O3S/c1-3-23-6-4-11-41(23)20-27-31(22-9-8-21(2)24(16-22)32(33,34)35)38-29(45-27)17-26(42)25-18-37-28(19-36-25)40-14-12-39(13-15-40)10-5-7-30(43)44/h8-9,16,18-19,23H,3-7,10-15,17,20H2,1-2H3,(H,43,44)/t23-/m1/s1. The minimum absolute atomic E-state index is 0.0180. The maximum absolute atomic E-state index is 13.8. The number of carboxylic acid groups (broad SMARTS) is 1. The van der Waals surface area contributed by atoms with Gasteiger partial charge >= 0.3 is 12.1 Å². The number of aryl methyl sites for hydroxylation is 1. The number of hydrogen-bond acceptors (Lipinski definition) is 9. The zero-order chi connectivity index (χ0) is 32.1. The first-order valence-corrected chi connectivity index (χ1v) is 16.3. The van der Waals surface area contributed by atoms with Gasteiger partial charge in [-0.3, -0.25) is 19.4 Å². The van der Waals surface area contributed by atoms with Crippen molar-refractivity contribution in [2.24, 2.45) is 0 Å². The van der Waals surface area contributed by atoms with Crippen LogP contribution in [0.5, 0.6) is 0 Å². The lowest BCUT2D eigenvalue weighted by atomic mass is 10.0. The Balaban J connectivity index is 1.29. The van der Waals surface area contributed by atoms with Gasteiger partial charge in [0.15, 0.2) is 5.78 Å². The van der Waals surface area contributed by atoms with E-state index in [9.17, 15) is 22.8 Å². The van der Waals surface area contributed by atoms with Crippen LogP contribution in [-0.4, -0.2) is 86.9 Å². The van der Waals surface area contributed by atoms with E-state index in [4.69, 9.17) is 10.1 Å². The van der Waals surface area contributed by atoms with E-state index in [2.05, 4.69) is 31.6 Å². The van der Waals surface area contributed by atoms with Crippen molar-refractivity contribution in [3.05, 3.63) is 57.3 Å². The summed E-state index contributed by atoms with van der Waals surface area (Å²) in [5, 5.41) is 9.38. The van der Waals surface area contributed by atoms with Crippen molar-refractivity contribution in [1.82, 2.24) is 24.8 Å². The Morgan fingerprint density at radius 1 is 1.09 bits per heavy atom. The molecule has 0 radical (unpaired) electrons. The molecule has 2 saturated heterocycles. The number of Topliss-reactive ketones (excluding diaryl/α,β-unsaturated/α-hetero) is 1. The third kappa shape index (κ3) is 8.25. The SMILES string of the molecule is CC[C@@H]1CCCN1Cc1sc(CC(=O)c2cnc(N3CCN(CCCC(=O)O)CC3)cn2)nc1-c1ccc(C)c(C(F)(F)F)c1. The molecule has 1 N–H and O–H groups in total. The molecule has 9 nitrogen and oxygen atoms in total. The number of nitrogens with zero attached hydrogens (tertiary/aromatic N) is 6. The summed E-state index contributed by atoms with van der Waals surface area (Å²) in [6.45, 7) is 8.88. The average Bonchev–Trinajstić information content (AvgIpc) is 3.63. The molecule has 0 spiro atoms. The number of anilines is 1. The quantitative estimate of drug-likeness (QED) is 0.248. The number of rotatable bonds is 12. The van der Waals surface area contributed by atoms with E-state index in [-0.39, 0.29) is 29.9 Å². The number of aromatic nitrogens is 3. The fraction of sp³-hybridized carbons (Fsp3) is 0.531. The number of piperazine rings is 1. The molecule has 13 heteroatoms. The van der Waals surface area contributed by atoms with Crippen LogP contribution in [0.15, 0.2) is 30.6 Å². The van der Waals surface area contributed by atoms with Gasteiger partial charge in [-0.15, -0.1) is 11.3 Å². The van der Waals surface area contributed by atoms with Crippen LogP contribution in [-0.2, 0) is 23.9 Å². The summed E-state index contributed by atoms with van der Waals surface area (Å²) in [4.78, 5) is 45.2. The first-order valence-electron chi connectivity index (χ1n) is 15.5. The molecular weight excluding hydrogens is 605 g/mol. The maximum Gasteiger partial charge on any atom is 0.416 e. The number of thiazole rings is 1. The molecule has 0 saturated carbocycles. The number of hydrogen-bond donors (Lipinski definition) is 1. The van der Waals surface area contributed by atoms with Gasteiger partial charge in [-0.05, 0) is 57.3 Å². The van der Waals surface area contributed by atoms with E-state index in [1.54, 1.807) is 12.3 Å². The zero-order valence-electron chi connectivity index (χ0n) is 25.6. The second kappa shape index (κ2) is 14.3. The van der Waals surface area contributed by atoms with Gasteiger partial charge in [-0.2, -0.15) is 13.2 Å². The van der Waals surface area contributed by atoms with E-state index >= 15 is 0 Å². The molecular formula is C32H39F3N6O3S. The van der Waals surface area contributed by atoms with Gasteiger partial charge in [-0.1, -0.05) is 19.1 Å². The van der Waals surface area contributed by atoms with Crippen molar-refractivity contribution in [2.75, 3.05) is 44.2 Å². The Kier molecular flexibility index (Phi) is 10.5. The molecule has 1 aromatic carbocycles. The molecule has 0 aliphatic carbocycles. The molecule has 2 aliphatic heterocycles. The molecule has 3 aromatic rings. The summed E-state index contributed by atoms with van der Waals surface area (Å²) in [5.74, 6) is -0.365. The first kappa shape index (κ1) is 33.0. The molecule has 1 atom stereocenters. The highest BCUT2D eigenvalue weighted by Crippen LogP contribution is 2.37. The number of carbonyl (C=O) groups excluding carboxylic acids is 1. The van der Waals surface area contributed by atoms with E-state index in [1.165, 1.54) is 36.6 Å². The van der Waals surface area contributed by atoms with E-state index < -0.39 is 17.7 Å².